The summed E-state index contributed by atoms with van der Waals surface area (Å²) in [6.45, 7) is 1.53. The minimum absolute atomic E-state index is 0.157. The Labute approximate surface area is 125 Å². The Hall–Kier alpha value is -2.33. The first-order chi connectivity index (χ1) is 10.1. The van der Waals surface area contributed by atoms with Crippen LogP contribution in [0.25, 0.3) is 10.9 Å². The third-order valence-corrected chi connectivity index (χ3v) is 3.73. The third kappa shape index (κ3) is 2.38. The fourth-order valence-corrected chi connectivity index (χ4v) is 2.60. The van der Waals surface area contributed by atoms with Crippen molar-refractivity contribution in [3.63, 3.8) is 0 Å². The van der Waals surface area contributed by atoms with E-state index in [1.165, 1.54) is 19.1 Å². The molecule has 0 aliphatic carbocycles. The number of hydrogen-bond donors (Lipinski definition) is 2. The van der Waals surface area contributed by atoms with Gasteiger partial charge >= 0.3 is 0 Å². The molecule has 5 heteroatoms. The summed E-state index contributed by atoms with van der Waals surface area (Å²) in [5, 5.41) is 3.90. The fourth-order valence-electron chi connectivity index (χ4n) is 2.31. The Morgan fingerprint density at radius 1 is 1.24 bits per heavy atom. The van der Waals surface area contributed by atoms with Crippen molar-refractivity contribution in [3.05, 3.63) is 64.6 Å². The molecule has 21 heavy (non-hydrogen) atoms. The third-order valence-electron chi connectivity index (χ3n) is 3.42. The molecule has 0 saturated heterocycles. The molecule has 0 saturated carbocycles. The van der Waals surface area contributed by atoms with Crippen LogP contribution in [0.15, 0.2) is 42.6 Å². The summed E-state index contributed by atoms with van der Waals surface area (Å²) in [5.74, 6) is -0.880. The summed E-state index contributed by atoms with van der Waals surface area (Å²) < 4.78 is 13.6. The number of halogens is 2. The lowest BCUT2D eigenvalue weighted by atomic mass is 10.1. The molecule has 2 N–H and O–H groups in total. The highest BCUT2D eigenvalue weighted by atomic mass is 35.5. The fraction of sp³-hybridized carbons (Fsp3) is 0.0625. The second kappa shape index (κ2) is 5.22. The zero-order valence-electron chi connectivity index (χ0n) is 11.2. The molecule has 0 radical (unpaired) electrons. The van der Waals surface area contributed by atoms with Crippen molar-refractivity contribution < 1.29 is 9.18 Å². The molecule has 1 heterocycles. The van der Waals surface area contributed by atoms with Gasteiger partial charge in [-0.15, -0.1) is 0 Å². The average Bonchev–Trinajstić information content (AvgIpc) is 2.93. The molecule has 2 aromatic carbocycles. The van der Waals surface area contributed by atoms with Crippen LogP contribution in [0, 0.1) is 12.7 Å². The van der Waals surface area contributed by atoms with Gasteiger partial charge in [0.2, 0.25) is 0 Å². The van der Waals surface area contributed by atoms with Crippen LogP contribution < -0.4 is 5.32 Å². The van der Waals surface area contributed by atoms with Crippen LogP contribution in [0.4, 0.5) is 10.1 Å². The number of H-pyrrole nitrogens is 1. The summed E-state index contributed by atoms with van der Waals surface area (Å²) in [6.07, 6.45) is 1.79. The molecule has 0 bridgehead atoms. The summed E-state index contributed by atoms with van der Waals surface area (Å²) in [4.78, 5) is 15.5. The van der Waals surface area contributed by atoms with Crippen molar-refractivity contribution in [1.82, 2.24) is 4.98 Å². The minimum Gasteiger partial charge on any atom is -0.361 e. The number of carbonyl (C=O) groups is 1. The molecule has 1 amide bonds. The number of nitrogens with one attached hydrogen (secondary N) is 2. The van der Waals surface area contributed by atoms with Gasteiger partial charge in [0.15, 0.2) is 0 Å². The van der Waals surface area contributed by atoms with Gasteiger partial charge in [0.1, 0.15) is 5.82 Å². The molecular formula is C16H12ClFN2O. The molecule has 0 aliphatic rings. The summed E-state index contributed by atoms with van der Waals surface area (Å²) >= 11 is 6.03. The first-order valence-electron chi connectivity index (χ1n) is 6.40. The molecule has 3 aromatic rings. The second-order valence-corrected chi connectivity index (χ2v) is 5.14. The van der Waals surface area contributed by atoms with E-state index in [1.54, 1.807) is 12.3 Å². The lowest BCUT2D eigenvalue weighted by Crippen LogP contribution is -2.15. The molecule has 0 atom stereocenters. The molecule has 1 aromatic heterocycles. The Balaban J connectivity index is 2.01. The molecular weight excluding hydrogens is 291 g/mol. The number of amides is 1. The maximum atomic E-state index is 13.6. The van der Waals surface area contributed by atoms with Crippen LogP contribution in [-0.4, -0.2) is 10.9 Å². The Kier molecular flexibility index (Phi) is 3.39. The molecule has 0 aliphatic heterocycles. The van der Waals surface area contributed by atoms with Crippen LogP contribution in [-0.2, 0) is 0 Å². The molecule has 0 fully saturated rings. The highest BCUT2D eigenvalue weighted by Gasteiger charge is 2.17. The molecule has 0 unspecified atom stereocenters. The zero-order valence-corrected chi connectivity index (χ0v) is 12.0. The summed E-state index contributed by atoms with van der Waals surface area (Å²) in [6, 6.07) is 10.0. The maximum absolute atomic E-state index is 13.6. The van der Waals surface area contributed by atoms with Gasteiger partial charge in [-0.3, -0.25) is 4.79 Å². The van der Waals surface area contributed by atoms with E-state index in [9.17, 15) is 9.18 Å². The van der Waals surface area contributed by atoms with Crippen molar-refractivity contribution >= 4 is 34.1 Å². The average molecular weight is 303 g/mol. The van der Waals surface area contributed by atoms with Gasteiger partial charge < -0.3 is 10.3 Å². The monoisotopic (exact) mass is 302 g/mol. The van der Waals surface area contributed by atoms with Crippen LogP contribution in [0.2, 0.25) is 5.02 Å². The lowest BCUT2D eigenvalue weighted by molar-refractivity contribution is 0.102. The second-order valence-electron chi connectivity index (χ2n) is 4.73. The van der Waals surface area contributed by atoms with Gasteiger partial charge in [-0.2, -0.15) is 0 Å². The van der Waals surface area contributed by atoms with Crippen molar-refractivity contribution in [2.75, 3.05) is 5.32 Å². The summed E-state index contributed by atoms with van der Waals surface area (Å²) in [5.41, 5.74) is 1.96. The van der Waals surface area contributed by atoms with E-state index in [4.69, 9.17) is 11.6 Å². The smallest absolute Gasteiger partial charge is 0.257 e. The topological polar surface area (TPSA) is 44.9 Å². The van der Waals surface area contributed by atoms with Crippen molar-refractivity contribution in [2.24, 2.45) is 0 Å². The molecule has 3 rings (SSSR count). The van der Waals surface area contributed by atoms with Crippen LogP contribution in [0.3, 0.4) is 0 Å². The van der Waals surface area contributed by atoms with Gasteiger partial charge in [-0.1, -0.05) is 17.7 Å². The Bertz CT molecular complexity index is 841. The van der Waals surface area contributed by atoms with Crippen molar-refractivity contribution in [3.8, 4) is 0 Å². The van der Waals surface area contributed by atoms with E-state index in [1.807, 2.05) is 18.2 Å². The Morgan fingerprint density at radius 2 is 2.05 bits per heavy atom. The number of anilines is 1. The normalized spacial score (nSPS) is 10.8. The lowest BCUT2D eigenvalue weighted by Gasteiger charge is -2.11. The highest BCUT2D eigenvalue weighted by molar-refractivity contribution is 6.34. The van der Waals surface area contributed by atoms with E-state index in [0.29, 0.717) is 5.69 Å². The minimum atomic E-state index is -0.454. The van der Waals surface area contributed by atoms with E-state index in [-0.39, 0.29) is 16.1 Å². The number of benzene rings is 2. The van der Waals surface area contributed by atoms with E-state index >= 15 is 0 Å². The van der Waals surface area contributed by atoms with Crippen LogP contribution in [0.1, 0.15) is 15.9 Å². The molecule has 0 spiro atoms. The SMILES string of the molecule is Cc1c(F)ccc(Cl)c1C(=O)Nc1cccc2[nH]ccc12. The number of carbonyl (C=O) groups excluding carboxylic acids is 1. The standard InChI is InChI=1S/C16H12ClFN2O/c1-9-12(18)6-5-11(17)15(9)16(21)20-14-4-2-3-13-10(14)7-8-19-13/h2-8,19H,1H3,(H,20,21). The molecule has 3 nitrogen and oxygen atoms in total. The number of aromatic nitrogens is 1. The van der Waals surface area contributed by atoms with Gasteiger partial charge in [-0.25, -0.2) is 4.39 Å². The van der Waals surface area contributed by atoms with Crippen molar-refractivity contribution in [2.45, 2.75) is 6.92 Å². The van der Waals surface area contributed by atoms with Crippen LogP contribution in [0.5, 0.6) is 0 Å². The van der Waals surface area contributed by atoms with Crippen molar-refractivity contribution in [1.29, 1.82) is 0 Å². The number of fused-ring (bicyclic) bond motifs is 1. The molecule has 106 valence electrons. The maximum Gasteiger partial charge on any atom is 0.257 e. The summed E-state index contributed by atoms with van der Waals surface area (Å²) in [7, 11) is 0. The number of hydrogen-bond acceptors (Lipinski definition) is 1. The van der Waals surface area contributed by atoms with Gasteiger partial charge in [0.25, 0.3) is 5.91 Å². The Morgan fingerprint density at radius 3 is 2.86 bits per heavy atom. The largest absolute Gasteiger partial charge is 0.361 e. The first-order valence-corrected chi connectivity index (χ1v) is 6.78. The first kappa shape index (κ1) is 13.6. The van der Waals surface area contributed by atoms with Gasteiger partial charge in [0, 0.05) is 17.1 Å². The zero-order chi connectivity index (χ0) is 15.0. The van der Waals surface area contributed by atoms with Gasteiger partial charge in [0.05, 0.1) is 16.3 Å². The quantitative estimate of drug-likeness (QED) is 0.718. The highest BCUT2D eigenvalue weighted by Crippen LogP contribution is 2.26. The number of rotatable bonds is 2. The number of aromatic amines is 1. The van der Waals surface area contributed by atoms with Crippen LogP contribution >= 0.6 is 11.6 Å². The van der Waals surface area contributed by atoms with E-state index < -0.39 is 11.7 Å². The van der Waals surface area contributed by atoms with E-state index in [2.05, 4.69) is 10.3 Å². The predicted octanol–water partition coefficient (Wildman–Crippen LogP) is 4.52. The predicted molar refractivity (Wildman–Crippen MR) is 82.4 cm³/mol. The van der Waals surface area contributed by atoms with Gasteiger partial charge in [-0.05, 0) is 42.8 Å². The van der Waals surface area contributed by atoms with E-state index in [0.717, 1.165) is 10.9 Å².